The van der Waals surface area contributed by atoms with E-state index >= 15 is 0 Å². The van der Waals surface area contributed by atoms with E-state index in [0.717, 1.165) is 10.2 Å². The van der Waals surface area contributed by atoms with Crippen LogP contribution < -0.4 is 20.9 Å². The Morgan fingerprint density at radius 1 is 1.09 bits per heavy atom. The summed E-state index contributed by atoms with van der Waals surface area (Å²) in [6.07, 6.45) is 1.36. The van der Waals surface area contributed by atoms with Crippen molar-refractivity contribution in [2.75, 3.05) is 25.6 Å². The Bertz CT molecular complexity index is 1730. The monoisotopic (exact) mass is 643 g/mol. The first-order valence-corrected chi connectivity index (χ1v) is 14.5. The van der Waals surface area contributed by atoms with Crippen molar-refractivity contribution in [2.24, 2.45) is 7.05 Å². The highest BCUT2D eigenvalue weighted by Crippen LogP contribution is 2.41. The fourth-order valence-electron chi connectivity index (χ4n) is 4.82. The molecule has 0 bridgehead atoms. The zero-order valence-corrected chi connectivity index (χ0v) is 25.5. The molecule has 3 N–H and O–H groups in total. The van der Waals surface area contributed by atoms with Crippen LogP contribution in [0, 0.1) is 0 Å². The number of methoxy groups -OCH3 is 1. The second-order valence-corrected chi connectivity index (χ2v) is 11.0. The maximum atomic E-state index is 13.0. The minimum absolute atomic E-state index is 0.0745. The molecule has 2 atom stereocenters. The van der Waals surface area contributed by atoms with E-state index in [1.54, 1.807) is 25.3 Å². The molecular weight excluding hydrogens is 617 g/mol. The zero-order chi connectivity index (χ0) is 30.7. The van der Waals surface area contributed by atoms with Gasteiger partial charge in [0.25, 0.3) is 11.5 Å². The number of halogens is 3. The molecule has 1 fully saturated rings. The smallest absolute Gasteiger partial charge is 0.280 e. The van der Waals surface area contributed by atoms with Gasteiger partial charge in [-0.15, -0.1) is 0 Å². The third-order valence-corrected chi connectivity index (χ3v) is 8.24. The quantitative estimate of drug-likeness (QED) is 0.245. The van der Waals surface area contributed by atoms with Crippen LogP contribution in [0.1, 0.15) is 22.3 Å². The molecule has 0 unspecified atom stereocenters. The SMILES string of the molecule is COc1nc(-c2cccc(-c3cccc(NC(=O)c4c(Cl)cnn(C)c4=O)c3Cl)c2Cl)ccc1CN[C@@H]1CCOC[C@@H]1O. The van der Waals surface area contributed by atoms with E-state index in [9.17, 15) is 14.7 Å². The lowest BCUT2D eigenvalue weighted by atomic mass is 10.00. The van der Waals surface area contributed by atoms with E-state index in [-0.39, 0.29) is 27.3 Å². The zero-order valence-electron chi connectivity index (χ0n) is 23.2. The molecule has 1 amide bonds. The average molecular weight is 645 g/mol. The van der Waals surface area contributed by atoms with Crippen molar-refractivity contribution in [1.82, 2.24) is 20.1 Å². The Morgan fingerprint density at radius 2 is 1.81 bits per heavy atom. The molecule has 2 aromatic carbocycles. The second-order valence-electron chi connectivity index (χ2n) is 9.87. The number of nitrogens with one attached hydrogen (secondary N) is 2. The molecule has 0 saturated carbocycles. The molecule has 13 heteroatoms. The van der Waals surface area contributed by atoms with Crippen molar-refractivity contribution in [1.29, 1.82) is 0 Å². The summed E-state index contributed by atoms with van der Waals surface area (Å²) in [5.41, 5.74) is 2.61. The molecule has 1 aliphatic heterocycles. The normalized spacial score (nSPS) is 16.6. The molecule has 0 spiro atoms. The van der Waals surface area contributed by atoms with Crippen molar-refractivity contribution in [3.05, 3.63) is 91.3 Å². The van der Waals surface area contributed by atoms with Crippen LogP contribution >= 0.6 is 34.8 Å². The third kappa shape index (κ3) is 6.54. The molecule has 4 aromatic rings. The molecule has 43 heavy (non-hydrogen) atoms. The van der Waals surface area contributed by atoms with Gasteiger partial charge in [0.1, 0.15) is 5.56 Å². The number of aryl methyl sites for hydroxylation is 1. The number of ether oxygens (including phenoxy) is 2. The van der Waals surface area contributed by atoms with Crippen LogP contribution in [0.4, 0.5) is 5.69 Å². The summed E-state index contributed by atoms with van der Waals surface area (Å²) in [6.45, 7) is 1.35. The number of carbonyl (C=O) groups excluding carboxylic acids is 1. The molecule has 0 radical (unpaired) electrons. The molecule has 1 saturated heterocycles. The number of nitrogens with zero attached hydrogens (tertiary/aromatic N) is 3. The molecular formula is C30H28Cl3N5O5. The van der Waals surface area contributed by atoms with Crippen molar-refractivity contribution in [2.45, 2.75) is 25.1 Å². The fourth-order valence-corrected chi connectivity index (χ4v) is 5.63. The first-order valence-electron chi connectivity index (χ1n) is 13.3. The van der Waals surface area contributed by atoms with Gasteiger partial charge in [0.15, 0.2) is 0 Å². The number of hydrogen-bond donors (Lipinski definition) is 3. The minimum Gasteiger partial charge on any atom is -0.481 e. The van der Waals surface area contributed by atoms with Gasteiger partial charge in [-0.3, -0.25) is 9.59 Å². The topological polar surface area (TPSA) is 128 Å². The van der Waals surface area contributed by atoms with Gasteiger partial charge in [-0.1, -0.05) is 71.2 Å². The van der Waals surface area contributed by atoms with Crippen LogP contribution in [0.15, 0.2) is 59.5 Å². The number of anilines is 1. The number of rotatable bonds is 8. The number of hydrogen-bond acceptors (Lipinski definition) is 8. The fraction of sp³-hybridized carbons (Fsp3) is 0.267. The van der Waals surface area contributed by atoms with E-state index in [4.69, 9.17) is 49.3 Å². The summed E-state index contributed by atoms with van der Waals surface area (Å²) >= 11 is 19.8. The Balaban J connectivity index is 1.42. The number of aromatic nitrogens is 3. The minimum atomic E-state index is -0.718. The summed E-state index contributed by atoms with van der Waals surface area (Å²) in [4.78, 5) is 30.2. The van der Waals surface area contributed by atoms with Crippen LogP contribution in [0.3, 0.4) is 0 Å². The highest BCUT2D eigenvalue weighted by molar-refractivity contribution is 6.40. The number of benzene rings is 2. The first-order chi connectivity index (χ1) is 20.7. The maximum absolute atomic E-state index is 13.0. The van der Waals surface area contributed by atoms with E-state index < -0.39 is 17.6 Å². The van der Waals surface area contributed by atoms with Crippen LogP contribution in [-0.4, -0.2) is 58.2 Å². The number of pyridine rings is 1. The van der Waals surface area contributed by atoms with Crippen LogP contribution in [0.25, 0.3) is 22.4 Å². The summed E-state index contributed by atoms with van der Waals surface area (Å²) in [5.74, 6) is -0.291. The first kappa shape index (κ1) is 30.9. The van der Waals surface area contributed by atoms with Gasteiger partial charge in [-0.05, 0) is 18.6 Å². The Hall–Kier alpha value is -3.51. The van der Waals surface area contributed by atoms with Crippen molar-refractivity contribution < 1.29 is 19.4 Å². The van der Waals surface area contributed by atoms with E-state index in [1.807, 2.05) is 30.3 Å². The van der Waals surface area contributed by atoms with Gasteiger partial charge in [-0.25, -0.2) is 9.67 Å². The third-order valence-electron chi connectivity index (χ3n) is 7.14. The Morgan fingerprint density at radius 3 is 2.56 bits per heavy atom. The summed E-state index contributed by atoms with van der Waals surface area (Å²) in [7, 11) is 2.97. The lowest BCUT2D eigenvalue weighted by Gasteiger charge is -2.28. The molecule has 10 nitrogen and oxygen atoms in total. The molecule has 0 aliphatic carbocycles. The average Bonchev–Trinajstić information content (AvgIpc) is 3.00. The molecule has 5 rings (SSSR count). The van der Waals surface area contributed by atoms with Crippen molar-refractivity contribution in [3.63, 3.8) is 0 Å². The number of aliphatic hydroxyl groups is 1. The van der Waals surface area contributed by atoms with Gasteiger partial charge in [0, 0.05) is 48.5 Å². The van der Waals surface area contributed by atoms with Gasteiger partial charge in [-0.2, -0.15) is 5.10 Å². The highest BCUT2D eigenvalue weighted by atomic mass is 35.5. The predicted molar refractivity (Wildman–Crippen MR) is 166 cm³/mol. The van der Waals surface area contributed by atoms with Crippen LogP contribution in [0.5, 0.6) is 5.88 Å². The largest absolute Gasteiger partial charge is 0.481 e. The molecule has 3 heterocycles. The Kier molecular flexibility index (Phi) is 9.65. The van der Waals surface area contributed by atoms with Gasteiger partial charge < -0.3 is 25.2 Å². The molecule has 1 aliphatic rings. The lowest BCUT2D eigenvalue weighted by molar-refractivity contribution is -0.0281. The van der Waals surface area contributed by atoms with Crippen LogP contribution in [0.2, 0.25) is 15.1 Å². The standard InChI is InChI=1S/C30H28Cl3N5O5/c1-38-30(41)25(20(31)14-35-38)28(40)36-23-8-4-6-18(27(23)33)17-5-3-7-19(26(17)32)21-10-9-16(29(37-21)42-2)13-34-22-11-12-43-15-24(22)39/h3-10,14,22,24,34,39H,11-13,15H2,1-2H3,(H,36,40)/t22-,24+/m1/s1. The lowest BCUT2D eigenvalue weighted by Crippen LogP contribution is -2.46. The maximum Gasteiger partial charge on any atom is 0.280 e. The van der Waals surface area contributed by atoms with E-state index in [1.165, 1.54) is 13.2 Å². The van der Waals surface area contributed by atoms with Crippen molar-refractivity contribution >= 4 is 46.4 Å². The number of amides is 1. The number of carbonyl (C=O) groups is 1. The second kappa shape index (κ2) is 13.4. The Labute approximate surface area is 262 Å². The van der Waals surface area contributed by atoms with Crippen LogP contribution in [-0.2, 0) is 18.3 Å². The summed E-state index contributed by atoms with van der Waals surface area (Å²) < 4.78 is 11.9. The van der Waals surface area contributed by atoms with Gasteiger partial charge in [0.2, 0.25) is 5.88 Å². The van der Waals surface area contributed by atoms with Crippen molar-refractivity contribution in [3.8, 4) is 28.3 Å². The molecule has 224 valence electrons. The predicted octanol–water partition coefficient (Wildman–Crippen LogP) is 4.97. The number of aliphatic hydroxyl groups excluding tert-OH is 1. The summed E-state index contributed by atoms with van der Waals surface area (Å²) in [5, 5.41) is 20.6. The van der Waals surface area contributed by atoms with Gasteiger partial charge in [0.05, 0.1) is 52.5 Å². The van der Waals surface area contributed by atoms with E-state index in [0.29, 0.717) is 59.5 Å². The van der Waals surface area contributed by atoms with Gasteiger partial charge >= 0.3 is 0 Å². The highest BCUT2D eigenvalue weighted by Gasteiger charge is 2.24. The van der Waals surface area contributed by atoms with E-state index in [2.05, 4.69) is 15.7 Å². The molecule has 2 aromatic heterocycles. The summed E-state index contributed by atoms with van der Waals surface area (Å²) in [6, 6.07) is 14.2.